The Morgan fingerprint density at radius 2 is 1.49 bits per heavy atom. The number of rotatable bonds is 7. The molecule has 194 valence electrons. The normalized spacial score (nSPS) is 20.8. The number of carbonyl (C=O) groups excluding carboxylic acids is 1. The number of piperidine rings is 1. The van der Waals surface area contributed by atoms with Gasteiger partial charge in [0.05, 0.1) is 14.2 Å². The first-order valence-corrected chi connectivity index (χ1v) is 13.6. The summed E-state index contributed by atoms with van der Waals surface area (Å²) in [5.41, 5.74) is 3.03. The summed E-state index contributed by atoms with van der Waals surface area (Å²) < 4.78 is 10.8. The average molecular weight is 499 g/mol. The lowest BCUT2D eigenvalue weighted by atomic mass is 9.78. The van der Waals surface area contributed by atoms with Crippen molar-refractivity contribution in [1.29, 1.82) is 0 Å². The van der Waals surface area contributed by atoms with Crippen LogP contribution >= 0.6 is 0 Å². The minimum atomic E-state index is 0.0161. The van der Waals surface area contributed by atoms with Crippen LogP contribution in [-0.4, -0.2) is 50.2 Å². The van der Waals surface area contributed by atoms with E-state index in [0.29, 0.717) is 23.3 Å². The highest BCUT2D eigenvalue weighted by Crippen LogP contribution is 2.38. The summed E-state index contributed by atoms with van der Waals surface area (Å²) in [6.45, 7) is 2.02. The molecule has 2 fully saturated rings. The molecule has 1 aliphatic carbocycles. The molecule has 5 rings (SSSR count). The fraction of sp³-hybridized carbons (Fsp3) is 0.406. The van der Waals surface area contributed by atoms with Crippen LogP contribution in [0.4, 0.5) is 5.69 Å². The predicted molar refractivity (Wildman–Crippen MR) is 149 cm³/mol. The van der Waals surface area contributed by atoms with Crippen molar-refractivity contribution in [2.24, 2.45) is 0 Å². The third-order valence-corrected chi connectivity index (χ3v) is 8.18. The van der Waals surface area contributed by atoms with Gasteiger partial charge in [0.2, 0.25) is 0 Å². The first kappa shape index (κ1) is 25.3. The van der Waals surface area contributed by atoms with Crippen LogP contribution in [0.15, 0.2) is 78.9 Å². The molecule has 0 spiro atoms. The maximum Gasteiger partial charge on any atom is 0.258 e. The standard InChI is InChI=1S/C32H38N2O3/c1-36-28-17-15-26(16-18-28)34(32(35)25-11-8-12-29(23-25)37-2)27-19-21-33(22-20-27)31-14-7-6-13-30(31)24-9-4-3-5-10-24/h3-5,8-12,15-18,23,27,30-31H,6-7,13-14,19-22H2,1-2H3/t30-,31-/m1/s1. The van der Waals surface area contributed by atoms with Crippen molar-refractivity contribution >= 4 is 11.6 Å². The van der Waals surface area contributed by atoms with E-state index in [1.807, 2.05) is 53.4 Å². The van der Waals surface area contributed by atoms with E-state index in [4.69, 9.17) is 9.47 Å². The number of ether oxygens (including phenoxy) is 2. The fourth-order valence-corrected chi connectivity index (χ4v) is 6.24. The van der Waals surface area contributed by atoms with E-state index in [1.54, 1.807) is 14.2 Å². The molecule has 1 heterocycles. The molecule has 0 bridgehead atoms. The van der Waals surface area contributed by atoms with Crippen LogP contribution in [0.1, 0.15) is 60.4 Å². The Morgan fingerprint density at radius 3 is 2.19 bits per heavy atom. The second-order valence-electron chi connectivity index (χ2n) is 10.2. The van der Waals surface area contributed by atoms with Gasteiger partial charge in [-0.25, -0.2) is 0 Å². The third kappa shape index (κ3) is 5.67. The molecule has 0 N–H and O–H groups in total. The quantitative estimate of drug-likeness (QED) is 0.371. The zero-order valence-corrected chi connectivity index (χ0v) is 22.0. The van der Waals surface area contributed by atoms with Crippen molar-refractivity contribution in [3.8, 4) is 11.5 Å². The van der Waals surface area contributed by atoms with Gasteiger partial charge in [0.25, 0.3) is 5.91 Å². The number of hydrogen-bond acceptors (Lipinski definition) is 4. The first-order chi connectivity index (χ1) is 18.2. The lowest BCUT2D eigenvalue weighted by Gasteiger charge is -2.45. The molecule has 1 aliphatic heterocycles. The van der Waals surface area contributed by atoms with E-state index < -0.39 is 0 Å². The molecule has 0 aromatic heterocycles. The molecular formula is C32H38N2O3. The number of benzene rings is 3. The summed E-state index contributed by atoms with van der Waals surface area (Å²) >= 11 is 0. The maximum atomic E-state index is 13.9. The molecule has 5 nitrogen and oxygen atoms in total. The van der Waals surface area contributed by atoms with E-state index in [2.05, 4.69) is 35.2 Å². The lowest BCUT2D eigenvalue weighted by Crippen LogP contribution is -2.51. The van der Waals surface area contributed by atoms with Crippen LogP contribution in [0.5, 0.6) is 11.5 Å². The van der Waals surface area contributed by atoms with E-state index in [9.17, 15) is 4.79 Å². The van der Waals surface area contributed by atoms with Crippen LogP contribution in [0.3, 0.4) is 0 Å². The van der Waals surface area contributed by atoms with Gasteiger partial charge in [-0.1, -0.05) is 49.2 Å². The molecule has 5 heteroatoms. The highest BCUT2D eigenvalue weighted by Gasteiger charge is 2.36. The van der Waals surface area contributed by atoms with Gasteiger partial charge >= 0.3 is 0 Å². The van der Waals surface area contributed by atoms with Crippen LogP contribution in [0.25, 0.3) is 0 Å². The summed E-state index contributed by atoms with van der Waals surface area (Å²) in [6, 6.07) is 27.1. The summed E-state index contributed by atoms with van der Waals surface area (Å²) in [7, 11) is 3.30. The van der Waals surface area contributed by atoms with Gasteiger partial charge in [-0.3, -0.25) is 9.69 Å². The van der Waals surface area contributed by atoms with Crippen molar-refractivity contribution in [2.75, 3.05) is 32.2 Å². The smallest absolute Gasteiger partial charge is 0.258 e. The minimum Gasteiger partial charge on any atom is -0.497 e. The molecular weight excluding hydrogens is 460 g/mol. The molecule has 0 unspecified atom stereocenters. The van der Waals surface area contributed by atoms with Crippen LogP contribution in [-0.2, 0) is 0 Å². The Bertz CT molecular complexity index is 1160. The lowest BCUT2D eigenvalue weighted by molar-refractivity contribution is 0.0895. The molecule has 37 heavy (non-hydrogen) atoms. The second kappa shape index (κ2) is 11.8. The average Bonchev–Trinajstić information content (AvgIpc) is 2.98. The Labute approximate surface area is 221 Å². The van der Waals surface area contributed by atoms with Crippen molar-refractivity contribution < 1.29 is 14.3 Å². The number of likely N-dealkylation sites (tertiary alicyclic amines) is 1. The number of hydrogen-bond donors (Lipinski definition) is 0. The largest absolute Gasteiger partial charge is 0.497 e. The zero-order chi connectivity index (χ0) is 25.6. The van der Waals surface area contributed by atoms with Gasteiger partial charge in [-0.05, 0) is 79.6 Å². The predicted octanol–water partition coefficient (Wildman–Crippen LogP) is 6.54. The first-order valence-electron chi connectivity index (χ1n) is 13.6. The van der Waals surface area contributed by atoms with Crippen LogP contribution in [0, 0.1) is 0 Å². The number of amides is 1. The Hall–Kier alpha value is -3.31. The molecule has 3 aromatic carbocycles. The van der Waals surface area contributed by atoms with Gasteiger partial charge in [-0.15, -0.1) is 0 Å². The van der Waals surface area contributed by atoms with E-state index in [1.165, 1.54) is 31.2 Å². The van der Waals surface area contributed by atoms with Gasteiger partial charge in [0.15, 0.2) is 0 Å². The van der Waals surface area contributed by atoms with Gasteiger partial charge < -0.3 is 14.4 Å². The van der Waals surface area contributed by atoms with Gasteiger partial charge in [0, 0.05) is 36.4 Å². The van der Waals surface area contributed by atoms with Crippen molar-refractivity contribution in [3.63, 3.8) is 0 Å². The Morgan fingerprint density at radius 1 is 0.784 bits per heavy atom. The Kier molecular flexibility index (Phi) is 8.10. The molecule has 0 radical (unpaired) electrons. The topological polar surface area (TPSA) is 42.0 Å². The number of methoxy groups -OCH3 is 2. The number of nitrogens with zero attached hydrogens (tertiary/aromatic N) is 2. The summed E-state index contributed by atoms with van der Waals surface area (Å²) in [5, 5.41) is 0. The van der Waals surface area contributed by atoms with Crippen LogP contribution < -0.4 is 14.4 Å². The van der Waals surface area contributed by atoms with Gasteiger partial charge in [-0.2, -0.15) is 0 Å². The summed E-state index contributed by atoms with van der Waals surface area (Å²) in [5.74, 6) is 2.10. The van der Waals surface area contributed by atoms with Crippen molar-refractivity contribution in [3.05, 3.63) is 90.0 Å². The molecule has 1 saturated carbocycles. The van der Waals surface area contributed by atoms with E-state index >= 15 is 0 Å². The monoisotopic (exact) mass is 498 g/mol. The van der Waals surface area contributed by atoms with Crippen molar-refractivity contribution in [2.45, 2.75) is 56.5 Å². The van der Waals surface area contributed by atoms with Gasteiger partial charge in [0.1, 0.15) is 11.5 Å². The summed E-state index contributed by atoms with van der Waals surface area (Å²) in [4.78, 5) is 18.6. The Balaban J connectivity index is 1.36. The van der Waals surface area contributed by atoms with E-state index in [-0.39, 0.29) is 11.9 Å². The molecule has 3 aromatic rings. The van der Waals surface area contributed by atoms with Crippen LogP contribution in [0.2, 0.25) is 0 Å². The minimum absolute atomic E-state index is 0.0161. The number of anilines is 1. The highest BCUT2D eigenvalue weighted by molar-refractivity contribution is 6.06. The third-order valence-electron chi connectivity index (χ3n) is 8.18. The fourth-order valence-electron chi connectivity index (χ4n) is 6.24. The van der Waals surface area contributed by atoms with E-state index in [0.717, 1.165) is 37.4 Å². The summed E-state index contributed by atoms with van der Waals surface area (Å²) in [6.07, 6.45) is 7.06. The maximum absolute atomic E-state index is 13.9. The zero-order valence-electron chi connectivity index (χ0n) is 22.0. The second-order valence-corrected chi connectivity index (χ2v) is 10.2. The molecule has 2 aliphatic rings. The SMILES string of the molecule is COc1ccc(N(C(=O)c2cccc(OC)c2)C2CCN([C@@H]3CCCC[C@@H]3c3ccccc3)CC2)cc1. The molecule has 1 amide bonds. The van der Waals surface area contributed by atoms with Crippen molar-refractivity contribution in [1.82, 2.24) is 4.90 Å². The molecule has 1 saturated heterocycles. The number of carbonyl (C=O) groups is 1. The highest BCUT2D eigenvalue weighted by atomic mass is 16.5. The molecule has 2 atom stereocenters.